The second-order valence-corrected chi connectivity index (χ2v) is 9.21. The highest BCUT2D eigenvalue weighted by atomic mass is 16.4. The van der Waals surface area contributed by atoms with E-state index in [1.807, 2.05) is 41.5 Å². The Balaban J connectivity index is 0.000000211. The monoisotopic (exact) mass is 512 g/mol. The molecule has 0 aliphatic carbocycles. The minimum atomic E-state index is -0.988. The van der Waals surface area contributed by atoms with Crippen molar-refractivity contribution in [3.63, 3.8) is 0 Å². The molecule has 0 amide bonds. The molecule has 0 bridgehead atoms. The molecule has 4 rings (SSSR count). The number of hydrogen-bond donors (Lipinski definition) is 4. The van der Waals surface area contributed by atoms with Crippen molar-refractivity contribution in [2.24, 2.45) is 0 Å². The molecule has 0 atom stereocenters. The molecular formula is C30H32N4O4. The lowest BCUT2D eigenvalue weighted by molar-refractivity contribution is 0.0686. The number of carboxylic acid groups (broad SMARTS) is 2. The number of benzene rings is 2. The van der Waals surface area contributed by atoms with Crippen LogP contribution in [0.5, 0.6) is 0 Å². The number of aromatic carboxylic acids is 2. The Morgan fingerprint density at radius 2 is 0.921 bits per heavy atom. The van der Waals surface area contributed by atoms with Crippen LogP contribution in [0.3, 0.4) is 0 Å². The summed E-state index contributed by atoms with van der Waals surface area (Å²) >= 11 is 0. The van der Waals surface area contributed by atoms with Crippen LogP contribution in [0.4, 0.5) is 23.0 Å². The molecule has 0 radical (unpaired) electrons. The fourth-order valence-corrected chi connectivity index (χ4v) is 4.35. The molecule has 0 unspecified atom stereocenters. The zero-order valence-electron chi connectivity index (χ0n) is 22.4. The number of carbonyl (C=O) groups is 2. The van der Waals surface area contributed by atoms with E-state index < -0.39 is 11.9 Å². The van der Waals surface area contributed by atoms with Crippen molar-refractivity contribution >= 4 is 34.9 Å². The summed E-state index contributed by atoms with van der Waals surface area (Å²) in [5, 5.41) is 24.5. The summed E-state index contributed by atoms with van der Waals surface area (Å²) < 4.78 is 0. The molecule has 0 aliphatic rings. The van der Waals surface area contributed by atoms with E-state index in [1.165, 1.54) is 23.3 Å². The van der Waals surface area contributed by atoms with Gasteiger partial charge in [0.15, 0.2) is 0 Å². The summed E-state index contributed by atoms with van der Waals surface area (Å²) in [5.74, 6) is -1.24. The maximum atomic E-state index is 11.2. The van der Waals surface area contributed by atoms with Crippen LogP contribution < -0.4 is 10.6 Å². The van der Waals surface area contributed by atoms with Crippen molar-refractivity contribution < 1.29 is 19.8 Å². The van der Waals surface area contributed by atoms with E-state index in [2.05, 4.69) is 44.9 Å². The van der Waals surface area contributed by atoms with E-state index in [1.54, 1.807) is 24.5 Å². The van der Waals surface area contributed by atoms with Gasteiger partial charge in [0, 0.05) is 23.8 Å². The summed E-state index contributed by atoms with van der Waals surface area (Å²) in [6.45, 7) is 12.0. The number of nitrogens with zero attached hydrogens (tertiary/aromatic N) is 2. The fraction of sp³-hybridized carbons (Fsp3) is 0.200. The van der Waals surface area contributed by atoms with Crippen molar-refractivity contribution in [3.05, 3.63) is 105 Å². The van der Waals surface area contributed by atoms with Gasteiger partial charge in [0.1, 0.15) is 22.8 Å². The lowest BCUT2D eigenvalue weighted by Gasteiger charge is -2.14. The second-order valence-electron chi connectivity index (χ2n) is 9.21. The van der Waals surface area contributed by atoms with E-state index in [0.29, 0.717) is 11.6 Å². The van der Waals surface area contributed by atoms with Gasteiger partial charge in [-0.3, -0.25) is 0 Å². The van der Waals surface area contributed by atoms with Gasteiger partial charge >= 0.3 is 11.9 Å². The van der Waals surface area contributed by atoms with Crippen LogP contribution in [0, 0.1) is 41.5 Å². The first-order chi connectivity index (χ1) is 18.0. The van der Waals surface area contributed by atoms with Crippen molar-refractivity contribution in [1.29, 1.82) is 0 Å². The van der Waals surface area contributed by atoms with Gasteiger partial charge < -0.3 is 20.8 Å². The Morgan fingerprint density at radius 3 is 1.21 bits per heavy atom. The second kappa shape index (κ2) is 12.0. The summed E-state index contributed by atoms with van der Waals surface area (Å²) in [4.78, 5) is 30.5. The summed E-state index contributed by atoms with van der Waals surface area (Å²) in [6.07, 6.45) is 3.15. The van der Waals surface area contributed by atoms with Gasteiger partial charge in [-0.2, -0.15) is 0 Å². The first-order valence-electron chi connectivity index (χ1n) is 12.0. The Morgan fingerprint density at radius 1 is 0.605 bits per heavy atom. The van der Waals surface area contributed by atoms with Crippen LogP contribution >= 0.6 is 0 Å². The summed E-state index contributed by atoms with van der Waals surface area (Å²) in [7, 11) is 0. The molecule has 4 aromatic rings. The minimum absolute atomic E-state index is 0.168. The van der Waals surface area contributed by atoms with Gasteiger partial charge in [-0.15, -0.1) is 0 Å². The van der Waals surface area contributed by atoms with E-state index in [9.17, 15) is 9.59 Å². The molecule has 8 heteroatoms. The Labute approximate surface area is 222 Å². The molecule has 2 heterocycles. The summed E-state index contributed by atoms with van der Waals surface area (Å²) in [5.41, 5.74) is 8.79. The van der Waals surface area contributed by atoms with Crippen LogP contribution in [0.25, 0.3) is 0 Å². The summed E-state index contributed by atoms with van der Waals surface area (Å²) in [6, 6.07) is 14.5. The normalized spacial score (nSPS) is 10.3. The fourth-order valence-electron chi connectivity index (χ4n) is 4.35. The molecule has 8 nitrogen and oxygen atoms in total. The number of aromatic nitrogens is 2. The Bertz CT molecular complexity index is 1340. The lowest BCUT2D eigenvalue weighted by atomic mass is 10.0. The first-order valence-corrected chi connectivity index (χ1v) is 12.0. The Kier molecular flexibility index (Phi) is 8.81. The molecule has 2 aromatic heterocycles. The molecule has 0 fully saturated rings. The average Bonchev–Trinajstić information content (AvgIpc) is 2.84. The molecule has 196 valence electrons. The van der Waals surface area contributed by atoms with E-state index in [0.717, 1.165) is 33.6 Å². The largest absolute Gasteiger partial charge is 0.478 e. The van der Waals surface area contributed by atoms with Crippen LogP contribution in [-0.2, 0) is 0 Å². The Hall–Kier alpha value is -4.72. The smallest absolute Gasteiger partial charge is 0.339 e. The average molecular weight is 513 g/mol. The van der Waals surface area contributed by atoms with E-state index in [-0.39, 0.29) is 11.1 Å². The van der Waals surface area contributed by atoms with E-state index in [4.69, 9.17) is 10.2 Å². The van der Waals surface area contributed by atoms with Crippen LogP contribution in [0.2, 0.25) is 0 Å². The predicted molar refractivity (Wildman–Crippen MR) is 150 cm³/mol. The van der Waals surface area contributed by atoms with Crippen molar-refractivity contribution in [3.8, 4) is 0 Å². The highest BCUT2D eigenvalue weighted by Crippen LogP contribution is 2.27. The number of anilines is 4. The third-order valence-corrected chi connectivity index (χ3v) is 5.92. The first kappa shape index (κ1) is 27.9. The maximum Gasteiger partial charge on any atom is 0.339 e. The minimum Gasteiger partial charge on any atom is -0.478 e. The number of nitrogens with one attached hydrogen (secondary N) is 2. The number of hydrogen-bond acceptors (Lipinski definition) is 6. The number of pyridine rings is 2. The van der Waals surface area contributed by atoms with Gasteiger partial charge in [-0.1, -0.05) is 35.4 Å². The molecule has 4 N–H and O–H groups in total. The van der Waals surface area contributed by atoms with Crippen LogP contribution in [0.1, 0.15) is 54.1 Å². The molecule has 2 aromatic carbocycles. The highest BCUT2D eigenvalue weighted by molar-refractivity contribution is 5.94. The molecule has 0 saturated carbocycles. The van der Waals surface area contributed by atoms with Gasteiger partial charge in [-0.05, 0) is 88.1 Å². The molecular weight excluding hydrogens is 480 g/mol. The number of carboxylic acids is 2. The van der Waals surface area contributed by atoms with Crippen LogP contribution in [-0.4, -0.2) is 32.1 Å². The topological polar surface area (TPSA) is 124 Å². The third-order valence-electron chi connectivity index (χ3n) is 5.92. The number of aryl methyl sites for hydroxylation is 6. The standard InChI is InChI=1S/2C15H16N2O2/c2*1-9-7-10(2)13(11(3)8-9)17-14-12(15(18)19)5-4-6-16-14/h2*4-8H,1-3H3,(H,16,17)(H,18,19). The number of rotatable bonds is 6. The van der Waals surface area contributed by atoms with Crippen molar-refractivity contribution in [2.45, 2.75) is 41.5 Å². The SMILES string of the molecule is Cc1cc(C)c(Nc2ncccc2C(=O)O)c(C)c1.Cc1cc(C)c(Nc2ncccc2C(=O)O)c(C)c1. The van der Waals surface area contributed by atoms with Crippen molar-refractivity contribution in [1.82, 2.24) is 9.97 Å². The molecule has 0 spiro atoms. The zero-order chi connectivity index (χ0) is 28.0. The van der Waals surface area contributed by atoms with Crippen LogP contribution in [0.15, 0.2) is 60.9 Å². The predicted octanol–water partition coefficient (Wildman–Crippen LogP) is 6.90. The van der Waals surface area contributed by atoms with Gasteiger partial charge in [0.05, 0.1) is 0 Å². The molecule has 0 saturated heterocycles. The van der Waals surface area contributed by atoms with Gasteiger partial charge in [0.2, 0.25) is 0 Å². The quantitative estimate of drug-likeness (QED) is 0.220. The molecule has 0 aliphatic heterocycles. The lowest BCUT2D eigenvalue weighted by Crippen LogP contribution is -2.06. The van der Waals surface area contributed by atoms with E-state index >= 15 is 0 Å². The zero-order valence-corrected chi connectivity index (χ0v) is 22.4. The molecule has 38 heavy (non-hydrogen) atoms. The highest BCUT2D eigenvalue weighted by Gasteiger charge is 2.14. The third kappa shape index (κ3) is 6.73. The van der Waals surface area contributed by atoms with Gasteiger partial charge in [-0.25, -0.2) is 19.6 Å². The van der Waals surface area contributed by atoms with Gasteiger partial charge in [0.25, 0.3) is 0 Å². The van der Waals surface area contributed by atoms with Crippen molar-refractivity contribution in [2.75, 3.05) is 10.6 Å². The maximum absolute atomic E-state index is 11.2.